The van der Waals surface area contributed by atoms with Crippen molar-refractivity contribution in [1.82, 2.24) is 0 Å². The third-order valence-corrected chi connectivity index (χ3v) is 6.59. The first-order valence-corrected chi connectivity index (χ1v) is 11.7. The summed E-state index contributed by atoms with van der Waals surface area (Å²) >= 11 is 0. The lowest BCUT2D eigenvalue weighted by Crippen LogP contribution is -2.47. The fraction of sp³-hybridized carbons (Fsp3) is 0.321. The second-order valence-electron chi connectivity index (χ2n) is 8.67. The summed E-state index contributed by atoms with van der Waals surface area (Å²) in [5.74, 6) is 2.08. The molecule has 3 aromatic carbocycles. The molecule has 0 bridgehead atoms. The molecule has 3 aromatic rings. The van der Waals surface area contributed by atoms with Gasteiger partial charge in [-0.15, -0.1) is 0 Å². The Morgan fingerprint density at radius 2 is 1.59 bits per heavy atom. The smallest absolute Gasteiger partial charge is 0.275 e. The highest BCUT2D eigenvalue weighted by Gasteiger charge is 2.54. The number of nitrogens with zero attached hydrogens (tertiary/aromatic N) is 2. The molecule has 5 rings (SSSR count). The highest BCUT2D eigenvalue weighted by Crippen LogP contribution is 2.39. The summed E-state index contributed by atoms with van der Waals surface area (Å²) in [7, 11) is 0. The van der Waals surface area contributed by atoms with Gasteiger partial charge in [0, 0.05) is 12.0 Å². The van der Waals surface area contributed by atoms with Crippen molar-refractivity contribution < 1.29 is 14.4 Å². The molecule has 2 aliphatic heterocycles. The Kier molecular flexibility index (Phi) is 5.71. The van der Waals surface area contributed by atoms with E-state index in [0.29, 0.717) is 13.2 Å². The van der Waals surface area contributed by atoms with Crippen LogP contribution in [0.5, 0.6) is 5.75 Å². The average molecular weight is 428 g/mol. The molecule has 0 saturated heterocycles. The van der Waals surface area contributed by atoms with E-state index in [4.69, 9.17) is 4.74 Å². The summed E-state index contributed by atoms with van der Waals surface area (Å²) in [6, 6.07) is 26.9. The van der Waals surface area contributed by atoms with Crippen LogP contribution >= 0.6 is 0 Å². The minimum atomic E-state index is -1.10. The number of hydrogen-bond donors (Lipinski definition) is 1. The van der Waals surface area contributed by atoms with Gasteiger partial charge in [0.1, 0.15) is 11.4 Å². The molecule has 0 amide bonds. The van der Waals surface area contributed by atoms with E-state index in [1.807, 2.05) is 25.1 Å². The van der Waals surface area contributed by atoms with Crippen molar-refractivity contribution in [3.63, 3.8) is 0 Å². The van der Waals surface area contributed by atoms with E-state index < -0.39 is 5.72 Å². The van der Waals surface area contributed by atoms with E-state index in [9.17, 15) is 5.11 Å². The van der Waals surface area contributed by atoms with E-state index in [2.05, 4.69) is 70.1 Å². The van der Waals surface area contributed by atoms with Crippen molar-refractivity contribution in [1.29, 1.82) is 0 Å². The summed E-state index contributed by atoms with van der Waals surface area (Å²) < 4.78 is 8.03. The van der Waals surface area contributed by atoms with E-state index in [-0.39, 0.29) is 0 Å². The van der Waals surface area contributed by atoms with Crippen LogP contribution in [0.15, 0.2) is 78.9 Å². The molecule has 0 aliphatic carbocycles. The zero-order valence-electron chi connectivity index (χ0n) is 18.7. The summed E-state index contributed by atoms with van der Waals surface area (Å²) in [5, 5.41) is 12.2. The summed E-state index contributed by atoms with van der Waals surface area (Å²) in [6.45, 7) is 4.21. The summed E-state index contributed by atoms with van der Waals surface area (Å²) in [4.78, 5) is 2.16. The molecule has 32 heavy (non-hydrogen) atoms. The topological polar surface area (TPSA) is 35.7 Å². The summed E-state index contributed by atoms with van der Waals surface area (Å²) in [6.07, 6.45) is 4.55. The Hall–Kier alpha value is -3.11. The molecule has 1 N–H and O–H groups in total. The van der Waals surface area contributed by atoms with Gasteiger partial charge in [-0.25, -0.2) is 0 Å². The van der Waals surface area contributed by atoms with Crippen molar-refractivity contribution in [2.24, 2.45) is 0 Å². The zero-order chi connectivity index (χ0) is 22.0. The number of hydrogen-bond acceptors (Lipinski definition) is 3. The van der Waals surface area contributed by atoms with Gasteiger partial charge in [-0.05, 0) is 61.6 Å². The van der Waals surface area contributed by atoms with Crippen molar-refractivity contribution in [2.75, 3.05) is 24.6 Å². The molecule has 1 atom stereocenters. The monoisotopic (exact) mass is 427 g/mol. The van der Waals surface area contributed by atoms with Gasteiger partial charge in [-0.3, -0.25) is 4.58 Å². The molecule has 2 heterocycles. The number of amidine groups is 1. The van der Waals surface area contributed by atoms with Gasteiger partial charge in [-0.1, -0.05) is 54.6 Å². The number of aliphatic hydroxyl groups is 1. The normalized spacial score (nSPS) is 20.8. The fourth-order valence-electron chi connectivity index (χ4n) is 5.02. The van der Waals surface area contributed by atoms with E-state index >= 15 is 0 Å². The lowest BCUT2D eigenvalue weighted by atomic mass is 9.96. The molecule has 2 aliphatic rings. The van der Waals surface area contributed by atoms with Gasteiger partial charge in [0.25, 0.3) is 11.6 Å². The highest BCUT2D eigenvalue weighted by atomic mass is 16.5. The van der Waals surface area contributed by atoms with Crippen LogP contribution in [-0.2, 0) is 5.72 Å². The Morgan fingerprint density at radius 1 is 0.875 bits per heavy atom. The maximum absolute atomic E-state index is 12.2. The van der Waals surface area contributed by atoms with Gasteiger partial charge >= 0.3 is 0 Å². The third-order valence-electron chi connectivity index (χ3n) is 6.59. The molecule has 164 valence electrons. The molecule has 0 spiro atoms. The van der Waals surface area contributed by atoms with Crippen LogP contribution in [0.2, 0.25) is 0 Å². The van der Waals surface area contributed by atoms with Gasteiger partial charge in [0.05, 0.1) is 13.2 Å². The lowest BCUT2D eigenvalue weighted by molar-refractivity contribution is -0.534. The lowest BCUT2D eigenvalue weighted by Gasteiger charge is -2.29. The fourth-order valence-corrected chi connectivity index (χ4v) is 5.02. The van der Waals surface area contributed by atoms with Crippen LogP contribution < -0.4 is 9.64 Å². The number of rotatable bonds is 5. The second-order valence-corrected chi connectivity index (χ2v) is 8.67. The molecule has 0 unspecified atom stereocenters. The maximum atomic E-state index is 12.2. The number of ether oxygens (including phenoxy) is 1. The average Bonchev–Trinajstić information content (AvgIpc) is 2.96. The maximum Gasteiger partial charge on any atom is 0.275 e. The van der Waals surface area contributed by atoms with Crippen LogP contribution in [0.4, 0.5) is 5.69 Å². The quantitative estimate of drug-likeness (QED) is 0.554. The van der Waals surface area contributed by atoms with Crippen LogP contribution in [0, 0.1) is 0 Å². The van der Waals surface area contributed by atoms with Gasteiger partial charge in [0.2, 0.25) is 0 Å². The first-order chi connectivity index (χ1) is 15.7. The Morgan fingerprint density at radius 3 is 2.31 bits per heavy atom. The molecule has 0 radical (unpaired) electrons. The van der Waals surface area contributed by atoms with E-state index in [1.165, 1.54) is 24.2 Å². The molecule has 0 saturated carbocycles. The molecule has 0 aromatic heterocycles. The molecule has 0 fully saturated rings. The Balaban J connectivity index is 1.53. The minimum absolute atomic E-state index is 0.584. The highest BCUT2D eigenvalue weighted by molar-refractivity contribution is 5.97. The van der Waals surface area contributed by atoms with E-state index in [0.717, 1.165) is 42.0 Å². The van der Waals surface area contributed by atoms with Crippen LogP contribution in [-0.4, -0.2) is 35.2 Å². The van der Waals surface area contributed by atoms with Crippen molar-refractivity contribution in [3.05, 3.63) is 84.4 Å². The van der Waals surface area contributed by atoms with E-state index in [1.54, 1.807) is 0 Å². The predicted octanol–water partition coefficient (Wildman–Crippen LogP) is 5.40. The number of anilines is 1. The molecular weight excluding hydrogens is 396 g/mol. The van der Waals surface area contributed by atoms with Crippen molar-refractivity contribution in [3.8, 4) is 16.9 Å². The summed E-state index contributed by atoms with van der Waals surface area (Å²) in [5.41, 5.74) is 3.17. The number of benzene rings is 3. The SMILES string of the molecule is CCOc1ccc(N2C3=[N+](CCCCC3)C[C@@]2(O)c2ccc(-c3ccccc3)cc2)cc1. The molecular formula is C28H31N2O2+. The minimum Gasteiger partial charge on any atom is -0.494 e. The van der Waals surface area contributed by atoms with Gasteiger partial charge in [0.15, 0.2) is 6.54 Å². The van der Waals surface area contributed by atoms with Gasteiger partial charge < -0.3 is 9.84 Å². The molecule has 4 heteroatoms. The predicted molar refractivity (Wildman–Crippen MR) is 129 cm³/mol. The first-order valence-electron chi connectivity index (χ1n) is 11.7. The second kappa shape index (κ2) is 8.79. The largest absolute Gasteiger partial charge is 0.494 e. The molecule has 4 nitrogen and oxygen atoms in total. The van der Waals surface area contributed by atoms with Crippen molar-refractivity contribution in [2.45, 2.75) is 38.3 Å². The van der Waals surface area contributed by atoms with Crippen LogP contribution in [0.1, 0.15) is 38.2 Å². The Bertz CT molecular complexity index is 1090. The van der Waals surface area contributed by atoms with Gasteiger partial charge in [-0.2, -0.15) is 4.90 Å². The standard InChI is InChI=1S/C28H31N2O2/c1-2-32-26-18-16-25(17-19-26)30-27-11-7-4-8-20-29(27)21-28(30,31)24-14-12-23(13-15-24)22-9-5-3-6-10-22/h3,5-6,9-10,12-19,31H,2,4,7-8,11,20-21H2,1H3/q+1/t28-/m1/s1. The third kappa shape index (κ3) is 3.80. The van der Waals surface area contributed by atoms with Crippen LogP contribution in [0.25, 0.3) is 11.1 Å². The Labute approximate surface area is 190 Å². The van der Waals surface area contributed by atoms with Crippen molar-refractivity contribution >= 4 is 11.5 Å². The first kappa shape index (κ1) is 20.8. The zero-order valence-corrected chi connectivity index (χ0v) is 18.7. The van der Waals surface area contributed by atoms with Crippen LogP contribution in [0.3, 0.4) is 0 Å².